The van der Waals surface area contributed by atoms with Crippen molar-refractivity contribution in [3.05, 3.63) is 63.1 Å². The summed E-state index contributed by atoms with van der Waals surface area (Å²) >= 11 is 17.6. The van der Waals surface area contributed by atoms with E-state index in [2.05, 4.69) is 10.6 Å². The van der Waals surface area contributed by atoms with E-state index in [0.717, 1.165) is 0 Å². The number of anilines is 1. The molecule has 0 aromatic heterocycles. The van der Waals surface area contributed by atoms with Crippen LogP contribution in [-0.4, -0.2) is 17.7 Å². The third-order valence-corrected chi connectivity index (χ3v) is 3.65. The zero-order valence-electron chi connectivity index (χ0n) is 11.3. The third-order valence-electron chi connectivity index (χ3n) is 2.87. The van der Waals surface area contributed by atoms with E-state index >= 15 is 0 Å². The van der Waals surface area contributed by atoms with Crippen LogP contribution in [0.15, 0.2) is 42.5 Å². The molecule has 116 valence electrons. The lowest BCUT2D eigenvalue weighted by Crippen LogP contribution is -2.32. The quantitative estimate of drug-likeness (QED) is 0.752. The Morgan fingerprint density at radius 1 is 1.09 bits per heavy atom. The fraction of sp³-hybridized carbons (Fsp3) is 0.133. The minimum Gasteiger partial charge on any atom is -0.387 e. The number of carbonyl (C=O) groups excluding carboxylic acids is 1. The third kappa shape index (κ3) is 4.78. The molecule has 0 saturated heterocycles. The van der Waals surface area contributed by atoms with Crippen molar-refractivity contribution in [2.24, 2.45) is 0 Å². The standard InChI is InChI=1S/C15H13Cl3N2O2/c16-10-3-1-2-9(6-10)14(21)8-19-15(22)20-13-5-4-11(17)7-12(13)18/h1-7,14,21H,8H2,(H2,19,20,22). The molecular weight excluding hydrogens is 347 g/mol. The maximum absolute atomic E-state index is 11.8. The van der Waals surface area contributed by atoms with Crippen molar-refractivity contribution in [3.8, 4) is 0 Å². The van der Waals surface area contributed by atoms with Gasteiger partial charge in [-0.2, -0.15) is 0 Å². The van der Waals surface area contributed by atoms with E-state index in [1.54, 1.807) is 36.4 Å². The van der Waals surface area contributed by atoms with Gasteiger partial charge >= 0.3 is 6.03 Å². The summed E-state index contributed by atoms with van der Waals surface area (Å²) in [6.45, 7) is 0.0391. The molecule has 0 radical (unpaired) electrons. The molecule has 2 rings (SSSR count). The summed E-state index contributed by atoms with van der Waals surface area (Å²) in [6, 6.07) is 11.1. The van der Waals surface area contributed by atoms with E-state index in [0.29, 0.717) is 26.3 Å². The van der Waals surface area contributed by atoms with Gasteiger partial charge < -0.3 is 15.7 Å². The van der Waals surface area contributed by atoms with Gasteiger partial charge in [0, 0.05) is 16.6 Å². The number of amides is 2. The molecule has 2 aromatic carbocycles. The number of hydrogen-bond donors (Lipinski definition) is 3. The number of aliphatic hydroxyl groups is 1. The molecule has 0 bridgehead atoms. The number of rotatable bonds is 4. The molecule has 4 nitrogen and oxygen atoms in total. The fourth-order valence-electron chi connectivity index (χ4n) is 1.78. The first-order chi connectivity index (χ1) is 10.5. The van der Waals surface area contributed by atoms with Gasteiger partial charge in [0.2, 0.25) is 0 Å². The smallest absolute Gasteiger partial charge is 0.319 e. The Labute approximate surface area is 143 Å². The van der Waals surface area contributed by atoms with Gasteiger partial charge in [-0.25, -0.2) is 4.79 Å². The molecule has 22 heavy (non-hydrogen) atoms. The number of halogens is 3. The summed E-state index contributed by atoms with van der Waals surface area (Å²) in [5.74, 6) is 0. The monoisotopic (exact) mass is 358 g/mol. The van der Waals surface area contributed by atoms with Gasteiger partial charge in [0.1, 0.15) is 0 Å². The summed E-state index contributed by atoms with van der Waals surface area (Å²) in [4.78, 5) is 11.8. The lowest BCUT2D eigenvalue weighted by molar-refractivity contribution is 0.175. The Morgan fingerprint density at radius 3 is 2.50 bits per heavy atom. The van der Waals surface area contributed by atoms with Gasteiger partial charge in [-0.05, 0) is 35.9 Å². The minimum atomic E-state index is -0.856. The number of hydrogen-bond acceptors (Lipinski definition) is 2. The second-order valence-corrected chi connectivity index (χ2v) is 5.81. The highest BCUT2D eigenvalue weighted by atomic mass is 35.5. The molecule has 3 N–H and O–H groups in total. The Kier molecular flexibility index (Phi) is 5.91. The molecule has 0 saturated carbocycles. The van der Waals surface area contributed by atoms with E-state index in [1.165, 1.54) is 6.07 Å². The van der Waals surface area contributed by atoms with Gasteiger partial charge in [0.05, 0.1) is 16.8 Å². The van der Waals surface area contributed by atoms with Crippen LogP contribution in [-0.2, 0) is 0 Å². The number of benzene rings is 2. The van der Waals surface area contributed by atoms with Crippen molar-refractivity contribution in [2.45, 2.75) is 6.10 Å². The largest absolute Gasteiger partial charge is 0.387 e. The molecule has 0 aliphatic heterocycles. The number of aliphatic hydroxyl groups excluding tert-OH is 1. The molecule has 0 spiro atoms. The van der Waals surface area contributed by atoms with Crippen molar-refractivity contribution in [1.82, 2.24) is 5.32 Å². The molecule has 0 fully saturated rings. The highest BCUT2D eigenvalue weighted by molar-refractivity contribution is 6.36. The Morgan fingerprint density at radius 2 is 1.82 bits per heavy atom. The molecule has 0 aliphatic carbocycles. The maximum Gasteiger partial charge on any atom is 0.319 e. The lowest BCUT2D eigenvalue weighted by Gasteiger charge is -2.13. The normalized spacial score (nSPS) is 11.8. The average molecular weight is 360 g/mol. The second-order valence-electron chi connectivity index (χ2n) is 4.53. The number of nitrogens with one attached hydrogen (secondary N) is 2. The van der Waals surface area contributed by atoms with Gasteiger partial charge in [-0.1, -0.05) is 46.9 Å². The van der Waals surface area contributed by atoms with E-state index in [4.69, 9.17) is 34.8 Å². The van der Waals surface area contributed by atoms with Crippen LogP contribution in [0.25, 0.3) is 0 Å². The molecule has 7 heteroatoms. The van der Waals surface area contributed by atoms with Gasteiger partial charge in [-0.15, -0.1) is 0 Å². The van der Waals surface area contributed by atoms with Crippen molar-refractivity contribution in [1.29, 1.82) is 0 Å². The fourth-order valence-corrected chi connectivity index (χ4v) is 2.43. The van der Waals surface area contributed by atoms with E-state index in [-0.39, 0.29) is 6.54 Å². The summed E-state index contributed by atoms with van der Waals surface area (Å²) in [5, 5.41) is 16.5. The van der Waals surface area contributed by atoms with Crippen LogP contribution in [0, 0.1) is 0 Å². The topological polar surface area (TPSA) is 61.4 Å². The molecule has 0 aliphatic rings. The first-order valence-corrected chi connectivity index (χ1v) is 7.52. The Bertz CT molecular complexity index is 680. The zero-order chi connectivity index (χ0) is 16.1. The predicted molar refractivity (Wildman–Crippen MR) is 89.9 cm³/mol. The van der Waals surface area contributed by atoms with Crippen molar-refractivity contribution >= 4 is 46.5 Å². The molecule has 1 atom stereocenters. The molecule has 1 unspecified atom stereocenters. The highest BCUT2D eigenvalue weighted by Crippen LogP contribution is 2.25. The SMILES string of the molecule is O=C(NCC(O)c1cccc(Cl)c1)Nc1ccc(Cl)cc1Cl. The summed E-state index contributed by atoms with van der Waals surface area (Å²) in [6.07, 6.45) is -0.856. The highest BCUT2D eigenvalue weighted by Gasteiger charge is 2.11. The predicted octanol–water partition coefficient (Wildman–Crippen LogP) is 4.50. The van der Waals surface area contributed by atoms with E-state index in [1.807, 2.05) is 0 Å². The van der Waals surface area contributed by atoms with E-state index < -0.39 is 12.1 Å². The first kappa shape index (κ1) is 16.9. The van der Waals surface area contributed by atoms with E-state index in [9.17, 15) is 9.90 Å². The molecular formula is C15H13Cl3N2O2. The van der Waals surface area contributed by atoms with Crippen LogP contribution in [0.1, 0.15) is 11.7 Å². The summed E-state index contributed by atoms with van der Waals surface area (Å²) in [5.41, 5.74) is 1.05. The lowest BCUT2D eigenvalue weighted by atomic mass is 10.1. The second kappa shape index (κ2) is 7.70. The van der Waals surface area contributed by atoms with Crippen LogP contribution < -0.4 is 10.6 Å². The van der Waals surface area contributed by atoms with Crippen LogP contribution in [0.5, 0.6) is 0 Å². The van der Waals surface area contributed by atoms with Gasteiger partial charge in [0.15, 0.2) is 0 Å². The Hall–Kier alpha value is -1.46. The zero-order valence-corrected chi connectivity index (χ0v) is 13.6. The first-order valence-electron chi connectivity index (χ1n) is 6.39. The van der Waals surface area contributed by atoms with Gasteiger partial charge in [0.25, 0.3) is 0 Å². The maximum atomic E-state index is 11.8. The Balaban J connectivity index is 1.90. The minimum absolute atomic E-state index is 0.0391. The summed E-state index contributed by atoms with van der Waals surface area (Å²) < 4.78 is 0. The van der Waals surface area contributed by atoms with Crippen molar-refractivity contribution in [2.75, 3.05) is 11.9 Å². The molecule has 2 amide bonds. The summed E-state index contributed by atoms with van der Waals surface area (Å²) in [7, 11) is 0. The molecule has 2 aromatic rings. The van der Waals surface area contributed by atoms with Crippen LogP contribution in [0.4, 0.5) is 10.5 Å². The average Bonchev–Trinajstić information content (AvgIpc) is 2.47. The van der Waals surface area contributed by atoms with Crippen molar-refractivity contribution in [3.63, 3.8) is 0 Å². The van der Waals surface area contributed by atoms with Crippen LogP contribution >= 0.6 is 34.8 Å². The van der Waals surface area contributed by atoms with Gasteiger partial charge in [-0.3, -0.25) is 0 Å². The van der Waals surface area contributed by atoms with Crippen LogP contribution in [0.3, 0.4) is 0 Å². The molecule has 0 heterocycles. The number of urea groups is 1. The van der Waals surface area contributed by atoms with Crippen LogP contribution in [0.2, 0.25) is 15.1 Å². The number of carbonyl (C=O) groups is 1. The van der Waals surface area contributed by atoms with Crippen molar-refractivity contribution < 1.29 is 9.90 Å².